The molecular formula is C31H18N4. The van der Waals surface area contributed by atoms with E-state index in [2.05, 4.69) is 70.0 Å². The highest BCUT2D eigenvalue weighted by atomic mass is 15.0. The van der Waals surface area contributed by atoms with Crippen LogP contribution in [0, 0.1) is 0 Å². The number of imidazole rings is 1. The summed E-state index contributed by atoms with van der Waals surface area (Å²) in [6.07, 6.45) is 7.55. The van der Waals surface area contributed by atoms with Gasteiger partial charge in [0.05, 0.1) is 22.1 Å². The fourth-order valence-electron chi connectivity index (χ4n) is 6.54. The average Bonchev–Trinajstić information content (AvgIpc) is 3.59. The number of aromatic nitrogens is 4. The molecule has 0 saturated heterocycles. The topological polar surface area (TPSA) is 43.1 Å². The maximum Gasteiger partial charge on any atom is 0.147 e. The van der Waals surface area contributed by atoms with Gasteiger partial charge in [0.2, 0.25) is 0 Å². The summed E-state index contributed by atoms with van der Waals surface area (Å²) < 4.78 is 2.29. The number of fused-ring (bicyclic) bond motifs is 16. The zero-order valence-electron chi connectivity index (χ0n) is 18.8. The Kier molecular flexibility index (Phi) is 3.11. The van der Waals surface area contributed by atoms with Gasteiger partial charge in [0.1, 0.15) is 5.65 Å². The molecule has 0 spiro atoms. The first-order chi connectivity index (χ1) is 17.4. The predicted octanol–water partition coefficient (Wildman–Crippen LogP) is 6.73. The van der Waals surface area contributed by atoms with Crippen LogP contribution < -0.4 is 0 Å². The molecule has 2 aliphatic carbocycles. The number of hydrogen-bond donors (Lipinski definition) is 0. The van der Waals surface area contributed by atoms with Crippen molar-refractivity contribution >= 4 is 38.5 Å². The quantitative estimate of drug-likeness (QED) is 0.243. The fraction of sp³-hybridized carbons (Fsp3) is 0.0645. The smallest absolute Gasteiger partial charge is 0.147 e. The molecule has 0 aliphatic heterocycles. The first-order valence-electron chi connectivity index (χ1n) is 12.0. The van der Waals surface area contributed by atoms with Crippen LogP contribution in [-0.2, 0) is 12.8 Å². The summed E-state index contributed by atoms with van der Waals surface area (Å²) >= 11 is 0. The van der Waals surface area contributed by atoms with Crippen molar-refractivity contribution in [3.8, 4) is 22.3 Å². The third-order valence-electron chi connectivity index (χ3n) is 7.99. The molecule has 0 amide bonds. The van der Waals surface area contributed by atoms with Crippen molar-refractivity contribution in [2.24, 2.45) is 0 Å². The van der Waals surface area contributed by atoms with Gasteiger partial charge in [-0.15, -0.1) is 0 Å². The molecule has 0 saturated carbocycles. The average molecular weight is 447 g/mol. The van der Waals surface area contributed by atoms with Gasteiger partial charge < -0.3 is 0 Å². The van der Waals surface area contributed by atoms with E-state index in [1.165, 1.54) is 44.5 Å². The molecule has 0 fully saturated rings. The fourth-order valence-corrected chi connectivity index (χ4v) is 6.54. The molecular weight excluding hydrogens is 428 g/mol. The summed E-state index contributed by atoms with van der Waals surface area (Å²) in [4.78, 5) is 14.4. The Morgan fingerprint density at radius 3 is 2.54 bits per heavy atom. The second-order valence-corrected chi connectivity index (χ2v) is 9.66. The van der Waals surface area contributed by atoms with Gasteiger partial charge in [-0.05, 0) is 75.2 Å². The number of nitrogens with zero attached hydrogens (tertiary/aromatic N) is 4. The molecule has 7 aromatic rings. The van der Waals surface area contributed by atoms with E-state index in [9.17, 15) is 0 Å². The lowest BCUT2D eigenvalue weighted by Crippen LogP contribution is -1.93. The molecule has 0 N–H and O–H groups in total. The molecule has 0 bridgehead atoms. The van der Waals surface area contributed by atoms with E-state index in [-0.39, 0.29) is 0 Å². The van der Waals surface area contributed by atoms with Crippen molar-refractivity contribution in [3.05, 3.63) is 108 Å². The van der Waals surface area contributed by atoms with E-state index >= 15 is 0 Å². The molecule has 162 valence electrons. The predicted molar refractivity (Wildman–Crippen MR) is 140 cm³/mol. The maximum absolute atomic E-state index is 5.28. The van der Waals surface area contributed by atoms with Crippen molar-refractivity contribution in [1.29, 1.82) is 0 Å². The van der Waals surface area contributed by atoms with Crippen LogP contribution in [0.2, 0.25) is 0 Å². The number of pyridine rings is 3. The third kappa shape index (κ3) is 2.11. The maximum atomic E-state index is 5.28. The molecule has 4 aromatic heterocycles. The van der Waals surface area contributed by atoms with Gasteiger partial charge in [0, 0.05) is 35.8 Å². The molecule has 9 rings (SSSR count). The molecule has 4 nitrogen and oxygen atoms in total. The lowest BCUT2D eigenvalue weighted by atomic mass is 9.95. The largest absolute Gasteiger partial charge is 0.291 e. The van der Waals surface area contributed by atoms with Gasteiger partial charge >= 0.3 is 0 Å². The van der Waals surface area contributed by atoms with Gasteiger partial charge in [-0.25, -0.2) is 4.98 Å². The van der Waals surface area contributed by atoms with Crippen LogP contribution in [0.15, 0.2) is 85.3 Å². The van der Waals surface area contributed by atoms with Crippen LogP contribution in [0.1, 0.15) is 22.3 Å². The number of hydrogen-bond acceptors (Lipinski definition) is 3. The Labute approximate surface area is 200 Å². The summed E-state index contributed by atoms with van der Waals surface area (Å²) in [5, 5.41) is 2.11. The van der Waals surface area contributed by atoms with Crippen LogP contribution >= 0.6 is 0 Å². The second kappa shape index (κ2) is 6.10. The molecule has 0 unspecified atom stereocenters. The van der Waals surface area contributed by atoms with Crippen molar-refractivity contribution < 1.29 is 0 Å². The number of rotatable bonds is 0. The van der Waals surface area contributed by atoms with E-state index in [0.29, 0.717) is 0 Å². The van der Waals surface area contributed by atoms with Gasteiger partial charge in [-0.3, -0.25) is 14.4 Å². The van der Waals surface area contributed by atoms with Gasteiger partial charge in [0.15, 0.2) is 0 Å². The van der Waals surface area contributed by atoms with E-state index in [0.717, 1.165) is 51.3 Å². The van der Waals surface area contributed by atoms with E-state index in [1.54, 1.807) is 0 Å². The van der Waals surface area contributed by atoms with E-state index < -0.39 is 0 Å². The monoisotopic (exact) mass is 446 g/mol. The second-order valence-electron chi connectivity index (χ2n) is 9.66. The van der Waals surface area contributed by atoms with Crippen LogP contribution in [0.3, 0.4) is 0 Å². The Morgan fingerprint density at radius 2 is 1.54 bits per heavy atom. The summed E-state index contributed by atoms with van der Waals surface area (Å²) in [6.45, 7) is 0. The minimum absolute atomic E-state index is 0.922. The van der Waals surface area contributed by atoms with Crippen LogP contribution in [-0.4, -0.2) is 19.4 Å². The highest BCUT2D eigenvalue weighted by molar-refractivity contribution is 6.12. The lowest BCUT2D eigenvalue weighted by molar-refractivity contribution is 1.24. The summed E-state index contributed by atoms with van der Waals surface area (Å²) in [5.41, 5.74) is 16.4. The normalized spacial score (nSPS) is 13.5. The SMILES string of the molecule is c1ccc2c(c1)Cc1c-2ccc2c1-c1ccc3c(nc4c5cccnc5c5cnccc5n34)c1C2. The molecule has 2 aliphatic rings. The Bertz CT molecular complexity index is 2070. The summed E-state index contributed by atoms with van der Waals surface area (Å²) in [5.74, 6) is 0. The zero-order valence-corrected chi connectivity index (χ0v) is 18.8. The molecule has 4 heteroatoms. The molecule has 35 heavy (non-hydrogen) atoms. The third-order valence-corrected chi connectivity index (χ3v) is 7.99. The highest BCUT2D eigenvalue weighted by Crippen LogP contribution is 2.49. The van der Waals surface area contributed by atoms with Crippen LogP contribution in [0.5, 0.6) is 0 Å². The van der Waals surface area contributed by atoms with E-state index in [1.807, 2.05) is 24.7 Å². The first-order valence-corrected chi connectivity index (χ1v) is 12.0. The van der Waals surface area contributed by atoms with Crippen LogP contribution in [0.25, 0.3) is 60.7 Å². The summed E-state index contributed by atoms with van der Waals surface area (Å²) in [6, 6.07) is 24.2. The standard InChI is InChI=1S/C31H18N4/c1-2-5-19-17(4-1)14-23-20(19)8-7-18-15-24-21(28(18)23)9-10-27-30(24)34-31-22-6-3-12-33-29(22)25-16-32-13-11-26(25)35(27)31/h1-13,16H,14-15H2. The van der Waals surface area contributed by atoms with Crippen molar-refractivity contribution in [2.45, 2.75) is 12.8 Å². The first kappa shape index (κ1) is 17.8. The highest BCUT2D eigenvalue weighted by Gasteiger charge is 2.30. The Morgan fingerprint density at radius 1 is 0.629 bits per heavy atom. The Balaban J connectivity index is 1.39. The zero-order chi connectivity index (χ0) is 22.7. The lowest BCUT2D eigenvalue weighted by Gasteiger charge is -2.09. The van der Waals surface area contributed by atoms with Gasteiger partial charge in [-0.2, -0.15) is 0 Å². The minimum Gasteiger partial charge on any atom is -0.291 e. The minimum atomic E-state index is 0.922. The molecule has 4 heterocycles. The Hall–Kier alpha value is -4.57. The van der Waals surface area contributed by atoms with Crippen molar-refractivity contribution in [2.75, 3.05) is 0 Å². The van der Waals surface area contributed by atoms with Gasteiger partial charge in [-0.1, -0.05) is 42.5 Å². The van der Waals surface area contributed by atoms with Crippen LogP contribution in [0.4, 0.5) is 0 Å². The van der Waals surface area contributed by atoms with Crippen molar-refractivity contribution in [1.82, 2.24) is 19.4 Å². The molecule has 3 aromatic carbocycles. The van der Waals surface area contributed by atoms with Gasteiger partial charge in [0.25, 0.3) is 0 Å². The number of benzene rings is 3. The molecule has 0 atom stereocenters. The molecule has 0 radical (unpaired) electrons. The van der Waals surface area contributed by atoms with Crippen molar-refractivity contribution in [3.63, 3.8) is 0 Å². The summed E-state index contributed by atoms with van der Waals surface area (Å²) in [7, 11) is 0. The van der Waals surface area contributed by atoms with E-state index in [4.69, 9.17) is 9.97 Å².